The van der Waals surface area contributed by atoms with Gasteiger partial charge in [-0.25, -0.2) is 4.79 Å². The van der Waals surface area contributed by atoms with E-state index >= 15 is 0 Å². The Balaban J connectivity index is 1.18. The number of hydrazine groups is 1. The number of anilines is 1. The SMILES string of the molecule is O=C(COC(=O)c1cccc(N2C(=O)[C@H]3C[C@@H](c4ccccc4)CC[C@H]3C2=O)c1)NNC(=O)c1ccc(Br)cc1. The van der Waals surface area contributed by atoms with E-state index in [0.717, 1.165) is 10.9 Å². The van der Waals surface area contributed by atoms with Crippen LogP contribution in [0, 0.1) is 11.8 Å². The number of carbonyl (C=O) groups excluding carboxylic acids is 5. The Labute approximate surface area is 239 Å². The highest BCUT2D eigenvalue weighted by Gasteiger charge is 2.50. The summed E-state index contributed by atoms with van der Waals surface area (Å²) < 4.78 is 5.88. The number of benzene rings is 3. The van der Waals surface area contributed by atoms with E-state index in [4.69, 9.17) is 4.74 Å². The molecule has 1 saturated heterocycles. The lowest BCUT2D eigenvalue weighted by Gasteiger charge is -2.28. The van der Waals surface area contributed by atoms with E-state index in [1.54, 1.807) is 36.4 Å². The van der Waals surface area contributed by atoms with Crippen LogP contribution in [-0.2, 0) is 19.1 Å². The van der Waals surface area contributed by atoms with Crippen LogP contribution in [0.15, 0.2) is 83.3 Å². The molecule has 5 rings (SSSR count). The molecule has 3 atom stereocenters. The summed E-state index contributed by atoms with van der Waals surface area (Å²) in [6.45, 7) is -0.643. The largest absolute Gasteiger partial charge is 0.452 e. The number of rotatable bonds is 6. The average molecular weight is 604 g/mol. The maximum Gasteiger partial charge on any atom is 0.338 e. The van der Waals surface area contributed by atoms with Gasteiger partial charge in [-0.3, -0.25) is 34.9 Å². The zero-order valence-corrected chi connectivity index (χ0v) is 22.9. The first-order chi connectivity index (χ1) is 19.3. The van der Waals surface area contributed by atoms with Gasteiger partial charge in [0, 0.05) is 10.0 Å². The first-order valence-corrected chi connectivity index (χ1v) is 13.7. The fourth-order valence-electron chi connectivity index (χ4n) is 5.28. The molecule has 0 bridgehead atoms. The van der Waals surface area contributed by atoms with E-state index in [0.29, 0.717) is 24.1 Å². The first kappa shape index (κ1) is 27.3. The van der Waals surface area contributed by atoms with Crippen LogP contribution < -0.4 is 15.8 Å². The van der Waals surface area contributed by atoms with Crippen molar-refractivity contribution in [3.05, 3.63) is 100 Å². The molecule has 3 aromatic carbocycles. The lowest BCUT2D eigenvalue weighted by Crippen LogP contribution is -2.43. The van der Waals surface area contributed by atoms with Crippen LogP contribution in [0.3, 0.4) is 0 Å². The second kappa shape index (κ2) is 11.8. The number of esters is 1. The minimum absolute atomic E-state index is 0.0850. The lowest BCUT2D eigenvalue weighted by atomic mass is 9.73. The summed E-state index contributed by atoms with van der Waals surface area (Å²) >= 11 is 3.28. The molecule has 40 heavy (non-hydrogen) atoms. The van der Waals surface area contributed by atoms with Gasteiger partial charge >= 0.3 is 5.97 Å². The predicted octanol–water partition coefficient (Wildman–Crippen LogP) is 4.14. The van der Waals surface area contributed by atoms with Crippen LogP contribution in [0.5, 0.6) is 0 Å². The standard InChI is InChI=1S/C30H26BrN3O6/c31-22-12-9-19(10-13-22)27(36)33-32-26(35)17-40-30(39)21-7-4-8-23(15-21)34-28(37)24-14-11-20(16-25(24)29(34)38)18-5-2-1-3-6-18/h1-10,12-13,15,20,24-25H,11,14,16-17H2,(H,32,35)(H,33,36)/t20-,24+,25-/m0/s1. The number of nitrogens with one attached hydrogen (secondary N) is 2. The zero-order chi connectivity index (χ0) is 28.2. The van der Waals surface area contributed by atoms with Crippen molar-refractivity contribution in [1.29, 1.82) is 0 Å². The van der Waals surface area contributed by atoms with Crippen molar-refractivity contribution in [1.82, 2.24) is 10.9 Å². The van der Waals surface area contributed by atoms with Crippen molar-refractivity contribution in [3.8, 4) is 0 Å². The number of imide groups is 1. The van der Waals surface area contributed by atoms with Gasteiger partial charge in [-0.05, 0) is 73.2 Å². The van der Waals surface area contributed by atoms with Gasteiger partial charge in [0.25, 0.3) is 11.8 Å². The van der Waals surface area contributed by atoms with Gasteiger partial charge in [0.05, 0.1) is 23.1 Å². The number of hydrogen-bond donors (Lipinski definition) is 2. The third-order valence-corrected chi connectivity index (χ3v) is 7.82. The molecule has 0 aromatic heterocycles. The molecule has 4 amide bonds. The normalized spacial score (nSPS) is 20.0. The smallest absolute Gasteiger partial charge is 0.338 e. The summed E-state index contributed by atoms with van der Waals surface area (Å²) in [6, 6.07) is 22.6. The van der Waals surface area contributed by atoms with Crippen molar-refractivity contribution in [2.45, 2.75) is 25.2 Å². The number of ether oxygens (including phenoxy) is 1. The first-order valence-electron chi connectivity index (χ1n) is 12.9. The van der Waals surface area contributed by atoms with E-state index in [-0.39, 0.29) is 29.2 Å². The predicted molar refractivity (Wildman–Crippen MR) is 149 cm³/mol. The molecule has 1 saturated carbocycles. The van der Waals surface area contributed by atoms with Gasteiger partial charge in [-0.15, -0.1) is 0 Å². The molecule has 0 radical (unpaired) electrons. The molecular formula is C30H26BrN3O6. The summed E-state index contributed by atoms with van der Waals surface area (Å²) in [5.41, 5.74) is 6.32. The second-order valence-corrected chi connectivity index (χ2v) is 10.7. The van der Waals surface area contributed by atoms with Crippen molar-refractivity contribution in [2.24, 2.45) is 11.8 Å². The number of carbonyl (C=O) groups is 5. The zero-order valence-electron chi connectivity index (χ0n) is 21.3. The van der Waals surface area contributed by atoms with Crippen LogP contribution in [0.2, 0.25) is 0 Å². The molecule has 3 aromatic rings. The summed E-state index contributed by atoms with van der Waals surface area (Å²) in [6.07, 6.45) is 2.06. The highest BCUT2D eigenvalue weighted by Crippen LogP contribution is 2.45. The third-order valence-electron chi connectivity index (χ3n) is 7.29. The van der Waals surface area contributed by atoms with E-state index in [9.17, 15) is 24.0 Å². The lowest BCUT2D eigenvalue weighted by molar-refractivity contribution is -0.125. The molecule has 2 aliphatic rings. The van der Waals surface area contributed by atoms with Crippen molar-refractivity contribution < 1.29 is 28.7 Å². The molecular weight excluding hydrogens is 578 g/mol. The Morgan fingerprint density at radius 3 is 2.30 bits per heavy atom. The van der Waals surface area contributed by atoms with Crippen molar-refractivity contribution >= 4 is 51.2 Å². The van der Waals surface area contributed by atoms with Gasteiger partial charge in [0.1, 0.15) is 0 Å². The summed E-state index contributed by atoms with van der Waals surface area (Å²) in [4.78, 5) is 64.6. The minimum Gasteiger partial charge on any atom is -0.452 e. The van der Waals surface area contributed by atoms with Gasteiger partial charge in [0.2, 0.25) is 11.8 Å². The quantitative estimate of drug-likeness (QED) is 0.248. The molecule has 1 heterocycles. The Hall–Kier alpha value is -4.31. The van der Waals surface area contributed by atoms with E-state index in [1.165, 1.54) is 22.6 Å². The highest BCUT2D eigenvalue weighted by atomic mass is 79.9. The van der Waals surface area contributed by atoms with E-state index in [1.807, 2.05) is 18.2 Å². The second-order valence-electron chi connectivity index (χ2n) is 9.78. The Bertz CT molecular complexity index is 1460. The minimum atomic E-state index is -0.808. The van der Waals surface area contributed by atoms with Crippen LogP contribution in [0.25, 0.3) is 0 Å². The summed E-state index contributed by atoms with van der Waals surface area (Å²) in [5.74, 6) is -3.16. The number of nitrogens with zero attached hydrogens (tertiary/aromatic N) is 1. The number of halogens is 1. The van der Waals surface area contributed by atoms with Gasteiger partial charge in [-0.1, -0.05) is 52.3 Å². The number of hydrogen-bond acceptors (Lipinski definition) is 6. The molecule has 9 nitrogen and oxygen atoms in total. The van der Waals surface area contributed by atoms with Gasteiger partial charge in [0.15, 0.2) is 6.61 Å². The summed E-state index contributed by atoms with van der Waals surface area (Å²) in [7, 11) is 0. The molecule has 0 spiro atoms. The van der Waals surface area contributed by atoms with Crippen LogP contribution in [0.4, 0.5) is 5.69 Å². The van der Waals surface area contributed by atoms with Crippen molar-refractivity contribution in [3.63, 3.8) is 0 Å². The topological polar surface area (TPSA) is 122 Å². The fourth-order valence-corrected chi connectivity index (χ4v) is 5.55. The fraction of sp³-hybridized carbons (Fsp3) is 0.233. The molecule has 2 fully saturated rings. The van der Waals surface area contributed by atoms with Crippen LogP contribution in [0.1, 0.15) is 51.5 Å². The maximum atomic E-state index is 13.4. The molecule has 1 aliphatic heterocycles. The van der Waals surface area contributed by atoms with E-state index < -0.39 is 30.3 Å². The average Bonchev–Trinajstić information content (AvgIpc) is 3.24. The maximum absolute atomic E-state index is 13.4. The summed E-state index contributed by atoms with van der Waals surface area (Å²) in [5, 5.41) is 0. The van der Waals surface area contributed by atoms with Crippen LogP contribution >= 0.6 is 15.9 Å². The Kier molecular flexibility index (Phi) is 8.06. The molecule has 204 valence electrons. The molecule has 10 heteroatoms. The number of amides is 4. The molecule has 2 N–H and O–H groups in total. The molecule has 0 unspecified atom stereocenters. The van der Waals surface area contributed by atoms with Gasteiger partial charge in [-0.2, -0.15) is 0 Å². The number of fused-ring (bicyclic) bond motifs is 1. The monoisotopic (exact) mass is 603 g/mol. The van der Waals surface area contributed by atoms with E-state index in [2.05, 4.69) is 38.9 Å². The third kappa shape index (κ3) is 5.81. The van der Waals surface area contributed by atoms with Gasteiger partial charge < -0.3 is 4.74 Å². The Morgan fingerprint density at radius 2 is 1.55 bits per heavy atom. The van der Waals surface area contributed by atoms with Crippen molar-refractivity contribution in [2.75, 3.05) is 11.5 Å². The van der Waals surface area contributed by atoms with Crippen LogP contribution in [-0.4, -0.2) is 36.2 Å². The molecule has 1 aliphatic carbocycles. The Morgan fingerprint density at radius 1 is 0.825 bits per heavy atom. The highest BCUT2D eigenvalue weighted by molar-refractivity contribution is 9.10.